The second-order valence-electron chi connectivity index (χ2n) is 4.77. The van der Waals surface area contributed by atoms with Crippen molar-refractivity contribution in [2.75, 3.05) is 26.8 Å². The minimum atomic E-state index is 0.0316. The molecule has 1 amide bonds. The molecular formula is C13H18ClN3O2. The molecule has 104 valence electrons. The Balaban J connectivity index is 2.10. The van der Waals surface area contributed by atoms with Crippen molar-refractivity contribution >= 4 is 17.5 Å². The van der Waals surface area contributed by atoms with Gasteiger partial charge in [-0.3, -0.25) is 4.79 Å². The van der Waals surface area contributed by atoms with Crippen LogP contribution in [0, 0.1) is 6.92 Å². The van der Waals surface area contributed by atoms with E-state index in [0.717, 1.165) is 25.1 Å². The lowest BCUT2D eigenvalue weighted by Gasteiger charge is -2.32. The molecule has 19 heavy (non-hydrogen) atoms. The van der Waals surface area contributed by atoms with E-state index in [4.69, 9.17) is 16.3 Å². The normalized spacial score (nSPS) is 19.5. The van der Waals surface area contributed by atoms with Crippen LogP contribution < -0.4 is 0 Å². The van der Waals surface area contributed by atoms with Crippen molar-refractivity contribution < 1.29 is 9.53 Å². The molecule has 0 aliphatic carbocycles. The van der Waals surface area contributed by atoms with Crippen molar-refractivity contribution in [1.29, 1.82) is 0 Å². The smallest absolute Gasteiger partial charge is 0.248 e. The summed E-state index contributed by atoms with van der Waals surface area (Å²) in [6, 6.07) is 1.80. The van der Waals surface area contributed by atoms with Gasteiger partial charge in [-0.15, -0.1) is 0 Å². The number of halogens is 1. The SMILES string of the molecule is COCC(=O)N1CCC[C@@H](c2cc(Cl)nc(C)n2)C1. The van der Waals surface area contributed by atoms with Gasteiger partial charge in [-0.1, -0.05) is 11.6 Å². The number of carbonyl (C=O) groups is 1. The Morgan fingerprint density at radius 2 is 2.37 bits per heavy atom. The first-order chi connectivity index (χ1) is 9.10. The average molecular weight is 284 g/mol. The Morgan fingerprint density at radius 1 is 1.58 bits per heavy atom. The molecule has 0 bridgehead atoms. The van der Waals surface area contributed by atoms with E-state index < -0.39 is 0 Å². The summed E-state index contributed by atoms with van der Waals surface area (Å²) in [5.41, 5.74) is 0.924. The number of hydrogen-bond acceptors (Lipinski definition) is 4. The Kier molecular flexibility index (Phi) is 4.71. The average Bonchev–Trinajstić information content (AvgIpc) is 2.38. The summed E-state index contributed by atoms with van der Waals surface area (Å²) < 4.78 is 4.90. The van der Waals surface area contributed by atoms with Crippen molar-refractivity contribution in [3.8, 4) is 0 Å². The van der Waals surface area contributed by atoms with Crippen LogP contribution >= 0.6 is 11.6 Å². The third-order valence-corrected chi connectivity index (χ3v) is 3.48. The van der Waals surface area contributed by atoms with Crippen molar-refractivity contribution in [3.05, 3.63) is 22.7 Å². The largest absolute Gasteiger partial charge is 0.375 e. The van der Waals surface area contributed by atoms with Gasteiger partial charge in [0.1, 0.15) is 17.6 Å². The summed E-state index contributed by atoms with van der Waals surface area (Å²) in [4.78, 5) is 22.2. The number of likely N-dealkylation sites (tertiary alicyclic amines) is 1. The lowest BCUT2D eigenvalue weighted by atomic mass is 9.94. The molecule has 1 aromatic rings. The first-order valence-corrected chi connectivity index (χ1v) is 6.75. The third-order valence-electron chi connectivity index (χ3n) is 3.29. The molecule has 0 N–H and O–H groups in total. The Bertz CT molecular complexity index is 447. The van der Waals surface area contributed by atoms with E-state index >= 15 is 0 Å². The molecule has 2 heterocycles. The highest BCUT2D eigenvalue weighted by atomic mass is 35.5. The molecule has 0 saturated carbocycles. The van der Waals surface area contributed by atoms with Gasteiger partial charge in [0.25, 0.3) is 0 Å². The van der Waals surface area contributed by atoms with Crippen LogP contribution in [0.3, 0.4) is 0 Å². The number of nitrogens with zero attached hydrogens (tertiary/aromatic N) is 3. The van der Waals surface area contributed by atoms with Gasteiger partial charge in [-0.2, -0.15) is 0 Å². The Morgan fingerprint density at radius 3 is 3.05 bits per heavy atom. The monoisotopic (exact) mass is 283 g/mol. The van der Waals surface area contributed by atoms with Crippen LogP contribution in [0.4, 0.5) is 0 Å². The highest BCUT2D eigenvalue weighted by molar-refractivity contribution is 6.29. The maximum atomic E-state index is 11.9. The summed E-state index contributed by atoms with van der Waals surface area (Å²) in [5.74, 6) is 0.931. The van der Waals surface area contributed by atoms with E-state index in [1.807, 2.05) is 11.8 Å². The van der Waals surface area contributed by atoms with Crippen LogP contribution in [-0.2, 0) is 9.53 Å². The molecule has 1 aliphatic heterocycles. The van der Waals surface area contributed by atoms with Crippen LogP contribution in [0.15, 0.2) is 6.07 Å². The quantitative estimate of drug-likeness (QED) is 0.794. The Labute approximate surface area is 117 Å². The van der Waals surface area contributed by atoms with E-state index in [1.54, 1.807) is 6.07 Å². The molecular weight excluding hydrogens is 266 g/mol. The van der Waals surface area contributed by atoms with Gasteiger partial charge < -0.3 is 9.64 Å². The molecule has 0 unspecified atom stereocenters. The summed E-state index contributed by atoms with van der Waals surface area (Å²) in [5, 5.41) is 0.461. The summed E-state index contributed by atoms with van der Waals surface area (Å²) in [6.07, 6.45) is 1.99. The molecule has 1 aromatic heterocycles. The number of carbonyl (C=O) groups excluding carboxylic acids is 1. The number of hydrogen-bond donors (Lipinski definition) is 0. The fourth-order valence-corrected chi connectivity index (χ4v) is 2.66. The van der Waals surface area contributed by atoms with E-state index in [2.05, 4.69) is 9.97 Å². The lowest BCUT2D eigenvalue weighted by Crippen LogP contribution is -2.41. The van der Waals surface area contributed by atoms with Gasteiger partial charge in [0.2, 0.25) is 5.91 Å². The zero-order chi connectivity index (χ0) is 13.8. The number of aromatic nitrogens is 2. The van der Waals surface area contributed by atoms with Crippen LogP contribution in [-0.4, -0.2) is 47.6 Å². The number of aryl methyl sites for hydroxylation is 1. The van der Waals surface area contributed by atoms with Crippen molar-refractivity contribution in [1.82, 2.24) is 14.9 Å². The molecule has 5 nitrogen and oxygen atoms in total. The molecule has 0 spiro atoms. The van der Waals surface area contributed by atoms with E-state index in [-0.39, 0.29) is 18.4 Å². The van der Waals surface area contributed by atoms with Gasteiger partial charge in [0, 0.05) is 26.1 Å². The van der Waals surface area contributed by atoms with E-state index in [0.29, 0.717) is 17.5 Å². The molecule has 1 atom stereocenters. The van der Waals surface area contributed by atoms with Crippen LogP contribution in [0.1, 0.15) is 30.3 Å². The maximum Gasteiger partial charge on any atom is 0.248 e. The fraction of sp³-hybridized carbons (Fsp3) is 0.615. The molecule has 1 fully saturated rings. The zero-order valence-electron chi connectivity index (χ0n) is 11.2. The zero-order valence-corrected chi connectivity index (χ0v) is 12.0. The fourth-order valence-electron chi connectivity index (χ4n) is 2.42. The van der Waals surface area contributed by atoms with Crippen LogP contribution in [0.5, 0.6) is 0 Å². The number of rotatable bonds is 3. The second-order valence-corrected chi connectivity index (χ2v) is 5.16. The second kappa shape index (κ2) is 6.30. The highest BCUT2D eigenvalue weighted by Gasteiger charge is 2.25. The summed E-state index contributed by atoms with van der Waals surface area (Å²) in [7, 11) is 1.53. The van der Waals surface area contributed by atoms with Crippen LogP contribution in [0.25, 0.3) is 0 Å². The molecule has 1 aliphatic rings. The van der Waals surface area contributed by atoms with Crippen molar-refractivity contribution in [3.63, 3.8) is 0 Å². The topological polar surface area (TPSA) is 55.3 Å². The first kappa shape index (κ1) is 14.2. The van der Waals surface area contributed by atoms with E-state index in [1.165, 1.54) is 7.11 Å². The number of methoxy groups -OCH3 is 1. The molecule has 0 radical (unpaired) electrons. The molecule has 2 rings (SSSR count). The van der Waals surface area contributed by atoms with Crippen LogP contribution in [0.2, 0.25) is 5.15 Å². The van der Waals surface area contributed by atoms with Gasteiger partial charge >= 0.3 is 0 Å². The maximum absolute atomic E-state index is 11.9. The number of piperidine rings is 1. The predicted molar refractivity (Wildman–Crippen MR) is 72.2 cm³/mol. The first-order valence-electron chi connectivity index (χ1n) is 6.38. The minimum absolute atomic E-state index is 0.0316. The van der Waals surface area contributed by atoms with Gasteiger partial charge in [-0.25, -0.2) is 9.97 Å². The molecule has 0 aromatic carbocycles. The molecule has 1 saturated heterocycles. The highest BCUT2D eigenvalue weighted by Crippen LogP contribution is 2.26. The molecule has 6 heteroatoms. The Hall–Kier alpha value is -1.20. The van der Waals surface area contributed by atoms with Gasteiger partial charge in [0.05, 0.1) is 5.69 Å². The van der Waals surface area contributed by atoms with E-state index in [9.17, 15) is 4.79 Å². The summed E-state index contributed by atoms with van der Waals surface area (Å²) >= 11 is 5.97. The predicted octanol–water partition coefficient (Wildman–Crippen LogP) is 1.79. The number of amides is 1. The number of ether oxygens (including phenoxy) is 1. The summed E-state index contributed by atoms with van der Waals surface area (Å²) in [6.45, 7) is 3.42. The lowest BCUT2D eigenvalue weighted by molar-refractivity contribution is -0.136. The third kappa shape index (κ3) is 3.64. The van der Waals surface area contributed by atoms with Gasteiger partial charge in [0.15, 0.2) is 0 Å². The van der Waals surface area contributed by atoms with Crippen molar-refractivity contribution in [2.24, 2.45) is 0 Å². The van der Waals surface area contributed by atoms with Crippen molar-refractivity contribution in [2.45, 2.75) is 25.7 Å². The van der Waals surface area contributed by atoms with Gasteiger partial charge in [-0.05, 0) is 25.8 Å². The standard InChI is InChI=1S/C13H18ClN3O2/c1-9-15-11(6-12(14)16-9)10-4-3-5-17(7-10)13(18)8-19-2/h6,10H,3-5,7-8H2,1-2H3/t10-/m1/s1. The minimum Gasteiger partial charge on any atom is -0.375 e.